The van der Waals surface area contributed by atoms with Crippen molar-refractivity contribution < 1.29 is 9.13 Å². The smallest absolute Gasteiger partial charge is 0.217 e. The quantitative estimate of drug-likeness (QED) is 0.702. The summed E-state index contributed by atoms with van der Waals surface area (Å²) in [7, 11) is 0. The van der Waals surface area contributed by atoms with Gasteiger partial charge in [0.25, 0.3) is 0 Å². The maximum Gasteiger partial charge on any atom is 0.217 e. The van der Waals surface area contributed by atoms with Gasteiger partial charge in [-0.1, -0.05) is 6.92 Å². The lowest BCUT2D eigenvalue weighted by Gasteiger charge is -2.06. The fourth-order valence-electron chi connectivity index (χ4n) is 0.893. The Kier molecular flexibility index (Phi) is 3.96. The molecule has 0 aliphatic carbocycles. The van der Waals surface area contributed by atoms with E-state index in [1.807, 2.05) is 6.92 Å². The largest absolute Gasteiger partial charge is 0.477 e. The Morgan fingerprint density at radius 3 is 3.00 bits per heavy atom. The Hall–Kier alpha value is -0.830. The van der Waals surface area contributed by atoms with Crippen molar-refractivity contribution in [2.24, 2.45) is 0 Å². The third-order valence-electron chi connectivity index (χ3n) is 1.48. The summed E-state index contributed by atoms with van der Waals surface area (Å²) < 4.78 is 17.9. The van der Waals surface area contributed by atoms with E-state index < -0.39 is 0 Å². The molecule has 0 N–H and O–H groups in total. The lowest BCUT2D eigenvalue weighted by atomic mass is 10.3. The molecule has 1 aromatic rings. The molecule has 1 rings (SSSR count). The number of alkyl halides is 1. The van der Waals surface area contributed by atoms with Crippen molar-refractivity contribution in [2.45, 2.75) is 19.2 Å². The maximum atomic E-state index is 12.7. The van der Waals surface area contributed by atoms with Crippen LogP contribution in [-0.2, 0) is 5.88 Å². The Morgan fingerprint density at radius 2 is 2.38 bits per heavy atom. The highest BCUT2D eigenvalue weighted by Crippen LogP contribution is 2.18. The van der Waals surface area contributed by atoms with Crippen LogP contribution < -0.4 is 4.74 Å². The highest BCUT2D eigenvalue weighted by molar-refractivity contribution is 6.17. The van der Waals surface area contributed by atoms with E-state index in [0.717, 1.165) is 12.6 Å². The lowest BCUT2D eigenvalue weighted by molar-refractivity contribution is 0.301. The molecule has 0 radical (unpaired) electrons. The number of nitrogens with zero attached hydrogens (tertiary/aromatic N) is 1. The number of rotatable bonds is 4. The summed E-state index contributed by atoms with van der Waals surface area (Å²) in [5, 5.41) is 0. The van der Waals surface area contributed by atoms with Crippen molar-refractivity contribution in [3.8, 4) is 5.88 Å². The van der Waals surface area contributed by atoms with Crippen molar-refractivity contribution in [3.05, 3.63) is 23.6 Å². The Labute approximate surface area is 81.7 Å². The standard InChI is InChI=1S/C9H11ClFNO/c1-2-3-13-9-7(5-10)4-8(11)6-12-9/h4,6H,2-3,5H2,1H3. The molecule has 1 heterocycles. The van der Waals surface area contributed by atoms with Crippen LogP contribution in [0, 0.1) is 5.82 Å². The molecule has 0 atom stereocenters. The first-order valence-corrected chi connectivity index (χ1v) is 4.64. The highest BCUT2D eigenvalue weighted by atomic mass is 35.5. The van der Waals surface area contributed by atoms with Crippen LogP contribution in [0.2, 0.25) is 0 Å². The first-order valence-electron chi connectivity index (χ1n) is 4.11. The van der Waals surface area contributed by atoms with Gasteiger partial charge in [0.15, 0.2) is 0 Å². The van der Waals surface area contributed by atoms with Crippen molar-refractivity contribution in [1.29, 1.82) is 0 Å². The second-order valence-electron chi connectivity index (χ2n) is 2.60. The van der Waals surface area contributed by atoms with Gasteiger partial charge in [0.05, 0.1) is 18.7 Å². The van der Waals surface area contributed by atoms with E-state index in [2.05, 4.69) is 4.98 Å². The van der Waals surface area contributed by atoms with Gasteiger partial charge in [-0.25, -0.2) is 9.37 Å². The third kappa shape index (κ3) is 2.84. The van der Waals surface area contributed by atoms with Crippen LogP contribution in [0.25, 0.3) is 0 Å². The van der Waals surface area contributed by atoms with Gasteiger partial charge < -0.3 is 4.74 Å². The van der Waals surface area contributed by atoms with Crippen LogP contribution in [0.15, 0.2) is 12.3 Å². The van der Waals surface area contributed by atoms with Gasteiger partial charge in [-0.05, 0) is 12.5 Å². The molecule has 1 aromatic heterocycles. The maximum absolute atomic E-state index is 12.7. The monoisotopic (exact) mass is 203 g/mol. The van der Waals surface area contributed by atoms with E-state index in [0.29, 0.717) is 18.1 Å². The average Bonchev–Trinajstić information content (AvgIpc) is 2.16. The number of hydrogen-bond acceptors (Lipinski definition) is 2. The predicted octanol–water partition coefficient (Wildman–Crippen LogP) is 2.75. The number of pyridine rings is 1. The second kappa shape index (κ2) is 5.02. The summed E-state index contributed by atoms with van der Waals surface area (Å²) in [6.45, 7) is 2.56. The minimum atomic E-state index is -0.389. The first-order chi connectivity index (χ1) is 6.27. The van der Waals surface area contributed by atoms with Crippen LogP contribution in [0.1, 0.15) is 18.9 Å². The molecular formula is C9H11ClFNO. The summed E-state index contributed by atoms with van der Waals surface area (Å²) in [5.41, 5.74) is 0.593. The number of aromatic nitrogens is 1. The van der Waals surface area contributed by atoms with E-state index in [1.54, 1.807) is 0 Å². The van der Waals surface area contributed by atoms with Gasteiger partial charge in [0.1, 0.15) is 5.82 Å². The summed E-state index contributed by atoms with van der Waals surface area (Å²) >= 11 is 5.60. The topological polar surface area (TPSA) is 22.1 Å². The fraction of sp³-hybridized carbons (Fsp3) is 0.444. The van der Waals surface area contributed by atoms with Gasteiger partial charge in [0.2, 0.25) is 5.88 Å². The van der Waals surface area contributed by atoms with Gasteiger partial charge in [-0.3, -0.25) is 0 Å². The van der Waals surface area contributed by atoms with Gasteiger partial charge in [-0.15, -0.1) is 11.6 Å². The van der Waals surface area contributed by atoms with Crippen LogP contribution in [0.5, 0.6) is 5.88 Å². The van der Waals surface area contributed by atoms with Crippen molar-refractivity contribution in [3.63, 3.8) is 0 Å². The van der Waals surface area contributed by atoms with Crippen molar-refractivity contribution in [2.75, 3.05) is 6.61 Å². The molecule has 0 unspecified atom stereocenters. The number of halogens is 2. The van der Waals surface area contributed by atoms with E-state index >= 15 is 0 Å². The van der Waals surface area contributed by atoms with Crippen LogP contribution in [0.4, 0.5) is 4.39 Å². The summed E-state index contributed by atoms with van der Waals surface area (Å²) in [6, 6.07) is 1.34. The zero-order chi connectivity index (χ0) is 9.68. The number of hydrogen-bond donors (Lipinski definition) is 0. The molecule has 0 fully saturated rings. The summed E-state index contributed by atoms with van der Waals surface area (Å²) in [6.07, 6.45) is 2.02. The number of ether oxygens (including phenoxy) is 1. The predicted molar refractivity (Wildman–Crippen MR) is 49.5 cm³/mol. The minimum Gasteiger partial charge on any atom is -0.477 e. The minimum absolute atomic E-state index is 0.212. The molecule has 0 aliphatic rings. The van der Waals surface area contributed by atoms with E-state index in [1.165, 1.54) is 6.07 Å². The molecule has 0 saturated heterocycles. The molecule has 2 nitrogen and oxygen atoms in total. The molecule has 0 aliphatic heterocycles. The van der Waals surface area contributed by atoms with E-state index in [4.69, 9.17) is 16.3 Å². The molecule has 0 amide bonds. The zero-order valence-electron chi connectivity index (χ0n) is 7.39. The molecular weight excluding hydrogens is 193 g/mol. The molecule has 0 bridgehead atoms. The SMILES string of the molecule is CCCOc1ncc(F)cc1CCl. The Bertz CT molecular complexity index is 280. The molecule has 0 aromatic carbocycles. The fourth-order valence-corrected chi connectivity index (χ4v) is 1.08. The average molecular weight is 204 g/mol. The van der Waals surface area contributed by atoms with Crippen molar-refractivity contribution in [1.82, 2.24) is 4.98 Å². The van der Waals surface area contributed by atoms with Gasteiger partial charge in [0, 0.05) is 5.56 Å². The van der Waals surface area contributed by atoms with Crippen LogP contribution in [0.3, 0.4) is 0 Å². The molecule has 72 valence electrons. The Morgan fingerprint density at radius 1 is 1.62 bits per heavy atom. The zero-order valence-corrected chi connectivity index (χ0v) is 8.14. The normalized spacial score (nSPS) is 10.1. The van der Waals surface area contributed by atoms with Crippen molar-refractivity contribution >= 4 is 11.6 Å². The van der Waals surface area contributed by atoms with Gasteiger partial charge >= 0.3 is 0 Å². The lowest BCUT2D eigenvalue weighted by Crippen LogP contribution is -2.00. The Balaban J connectivity index is 2.79. The molecule has 0 saturated carbocycles. The highest BCUT2D eigenvalue weighted by Gasteiger charge is 2.05. The van der Waals surface area contributed by atoms with Gasteiger partial charge in [-0.2, -0.15) is 0 Å². The first kappa shape index (κ1) is 10.3. The third-order valence-corrected chi connectivity index (χ3v) is 1.77. The summed E-state index contributed by atoms with van der Waals surface area (Å²) in [5.74, 6) is 0.252. The van der Waals surface area contributed by atoms with Crippen LogP contribution >= 0.6 is 11.6 Å². The van der Waals surface area contributed by atoms with Crippen LogP contribution in [-0.4, -0.2) is 11.6 Å². The van der Waals surface area contributed by atoms with E-state index in [9.17, 15) is 4.39 Å². The summed E-state index contributed by atoms with van der Waals surface area (Å²) in [4.78, 5) is 3.80. The second-order valence-corrected chi connectivity index (χ2v) is 2.87. The molecule has 0 spiro atoms. The van der Waals surface area contributed by atoms with E-state index in [-0.39, 0.29) is 11.7 Å². The molecule has 4 heteroatoms. The molecule has 13 heavy (non-hydrogen) atoms.